The Morgan fingerprint density at radius 1 is 0.833 bits per heavy atom. The fourth-order valence-electron chi connectivity index (χ4n) is 3.73. The number of ketones is 1. The van der Waals surface area contributed by atoms with Gasteiger partial charge >= 0.3 is 0 Å². The predicted molar refractivity (Wildman–Crippen MR) is 64.6 cm³/mol. The van der Waals surface area contributed by atoms with Gasteiger partial charge in [0.05, 0.1) is 11.8 Å². The normalized spacial score (nSPS) is 34.0. The van der Waals surface area contributed by atoms with Crippen molar-refractivity contribution in [1.82, 2.24) is 4.90 Å². The monoisotopic (exact) mass is 249 g/mol. The van der Waals surface area contributed by atoms with Crippen molar-refractivity contribution in [2.24, 2.45) is 11.8 Å². The summed E-state index contributed by atoms with van der Waals surface area (Å²) in [6.45, 7) is 0. The van der Waals surface area contributed by atoms with Crippen molar-refractivity contribution in [3.63, 3.8) is 0 Å². The standard InChI is InChI=1S/C14H19NO3/c16-10-6-7-11-12(8-10)14(18)15(13(11)17)9-4-2-1-3-5-9/h9,11-12H,1-8H2. The summed E-state index contributed by atoms with van der Waals surface area (Å²) in [7, 11) is 0. The number of Topliss-reactive ketones (excluding diaryl/α,β-unsaturated/α-hetero) is 1. The minimum absolute atomic E-state index is 0.00407. The molecular weight excluding hydrogens is 230 g/mol. The van der Waals surface area contributed by atoms with Gasteiger partial charge in [-0.25, -0.2) is 0 Å². The van der Waals surface area contributed by atoms with Crippen LogP contribution in [-0.4, -0.2) is 28.5 Å². The van der Waals surface area contributed by atoms with Crippen LogP contribution in [0.2, 0.25) is 0 Å². The number of nitrogens with zero attached hydrogens (tertiary/aromatic N) is 1. The van der Waals surface area contributed by atoms with Gasteiger partial charge in [-0.15, -0.1) is 0 Å². The Morgan fingerprint density at radius 2 is 1.50 bits per heavy atom. The maximum absolute atomic E-state index is 12.3. The Hall–Kier alpha value is -1.19. The number of amides is 2. The molecule has 0 radical (unpaired) electrons. The van der Waals surface area contributed by atoms with Gasteiger partial charge in [-0.3, -0.25) is 19.3 Å². The van der Waals surface area contributed by atoms with Gasteiger partial charge in [0.25, 0.3) is 0 Å². The predicted octanol–water partition coefficient (Wildman–Crippen LogP) is 1.67. The van der Waals surface area contributed by atoms with Gasteiger partial charge in [0.15, 0.2) is 0 Å². The molecule has 2 saturated carbocycles. The quantitative estimate of drug-likeness (QED) is 0.664. The molecule has 0 spiro atoms. The van der Waals surface area contributed by atoms with Crippen LogP contribution >= 0.6 is 0 Å². The highest BCUT2D eigenvalue weighted by Gasteiger charge is 2.51. The zero-order chi connectivity index (χ0) is 12.7. The highest BCUT2D eigenvalue weighted by molar-refractivity contribution is 6.07. The second kappa shape index (κ2) is 4.48. The van der Waals surface area contributed by atoms with Crippen molar-refractivity contribution in [2.45, 2.75) is 57.4 Å². The molecule has 0 aromatic carbocycles. The topological polar surface area (TPSA) is 54.5 Å². The first-order valence-corrected chi connectivity index (χ1v) is 7.07. The number of carbonyl (C=O) groups excluding carboxylic acids is 3. The molecule has 0 aromatic heterocycles. The van der Waals surface area contributed by atoms with E-state index in [1.807, 2.05) is 0 Å². The van der Waals surface area contributed by atoms with Crippen LogP contribution < -0.4 is 0 Å². The van der Waals surface area contributed by atoms with Crippen molar-refractivity contribution in [3.8, 4) is 0 Å². The molecular formula is C14H19NO3. The molecule has 3 aliphatic rings. The van der Waals surface area contributed by atoms with E-state index in [4.69, 9.17) is 0 Å². The Morgan fingerprint density at radius 3 is 2.22 bits per heavy atom. The number of fused-ring (bicyclic) bond motifs is 1. The molecule has 2 aliphatic carbocycles. The van der Waals surface area contributed by atoms with Crippen LogP contribution in [0.3, 0.4) is 0 Å². The Kier molecular flexibility index (Phi) is 2.96. The highest BCUT2D eigenvalue weighted by Crippen LogP contribution is 2.39. The van der Waals surface area contributed by atoms with Crippen LogP contribution in [0.5, 0.6) is 0 Å². The van der Waals surface area contributed by atoms with E-state index in [0.29, 0.717) is 19.3 Å². The van der Waals surface area contributed by atoms with Gasteiger partial charge in [0.1, 0.15) is 5.78 Å². The molecule has 98 valence electrons. The highest BCUT2D eigenvalue weighted by atomic mass is 16.2. The lowest BCUT2D eigenvalue weighted by molar-refractivity contribution is -0.143. The van der Waals surface area contributed by atoms with Crippen LogP contribution in [-0.2, 0) is 14.4 Å². The summed E-state index contributed by atoms with van der Waals surface area (Å²) in [4.78, 5) is 37.7. The maximum Gasteiger partial charge on any atom is 0.233 e. The number of hydrogen-bond donors (Lipinski definition) is 0. The zero-order valence-electron chi connectivity index (χ0n) is 10.6. The van der Waals surface area contributed by atoms with Crippen molar-refractivity contribution < 1.29 is 14.4 Å². The third kappa shape index (κ3) is 1.78. The third-order valence-electron chi connectivity index (χ3n) is 4.72. The van der Waals surface area contributed by atoms with Gasteiger partial charge < -0.3 is 0 Å². The van der Waals surface area contributed by atoms with Gasteiger partial charge in [-0.1, -0.05) is 19.3 Å². The molecule has 3 rings (SSSR count). The molecule has 0 aromatic rings. The molecule has 4 nitrogen and oxygen atoms in total. The number of likely N-dealkylation sites (tertiary alicyclic amines) is 1. The van der Waals surface area contributed by atoms with Crippen molar-refractivity contribution in [2.75, 3.05) is 0 Å². The first-order chi connectivity index (χ1) is 8.68. The van der Waals surface area contributed by atoms with Crippen LogP contribution in [0.4, 0.5) is 0 Å². The van der Waals surface area contributed by atoms with E-state index in [1.165, 1.54) is 11.3 Å². The Balaban J connectivity index is 1.81. The fraction of sp³-hybridized carbons (Fsp3) is 0.786. The molecule has 2 atom stereocenters. The lowest BCUT2D eigenvalue weighted by Gasteiger charge is -2.29. The molecule has 18 heavy (non-hydrogen) atoms. The summed E-state index contributed by atoms with van der Waals surface area (Å²) in [5, 5.41) is 0. The summed E-state index contributed by atoms with van der Waals surface area (Å²) in [6.07, 6.45) is 6.66. The first kappa shape index (κ1) is 11.9. The minimum Gasteiger partial charge on any atom is -0.300 e. The van der Waals surface area contributed by atoms with E-state index >= 15 is 0 Å². The smallest absolute Gasteiger partial charge is 0.233 e. The van der Waals surface area contributed by atoms with Crippen molar-refractivity contribution in [1.29, 1.82) is 0 Å². The molecule has 3 fully saturated rings. The van der Waals surface area contributed by atoms with Gasteiger partial charge in [0, 0.05) is 18.9 Å². The summed E-state index contributed by atoms with van der Waals surface area (Å²) in [5.41, 5.74) is 0. The van der Waals surface area contributed by atoms with E-state index in [2.05, 4.69) is 0 Å². The van der Waals surface area contributed by atoms with Crippen molar-refractivity contribution >= 4 is 17.6 Å². The number of hydrogen-bond acceptors (Lipinski definition) is 3. The minimum atomic E-state index is -0.333. The first-order valence-electron chi connectivity index (χ1n) is 7.07. The molecule has 1 aliphatic heterocycles. The van der Waals surface area contributed by atoms with Gasteiger partial charge in [0.2, 0.25) is 11.8 Å². The molecule has 1 saturated heterocycles. The summed E-state index contributed by atoms with van der Waals surface area (Å²) < 4.78 is 0. The molecule has 2 amide bonds. The second-order valence-electron chi connectivity index (χ2n) is 5.83. The van der Waals surface area contributed by atoms with Gasteiger partial charge in [-0.2, -0.15) is 0 Å². The SMILES string of the molecule is O=C1CCC2C(=O)N(C3CCCCC3)C(=O)C2C1. The largest absolute Gasteiger partial charge is 0.300 e. The number of carbonyl (C=O) groups is 3. The van der Waals surface area contributed by atoms with Crippen LogP contribution in [0.1, 0.15) is 51.4 Å². The van der Waals surface area contributed by atoms with E-state index in [0.717, 1.165) is 25.7 Å². The van der Waals surface area contributed by atoms with E-state index < -0.39 is 0 Å². The fourth-order valence-corrected chi connectivity index (χ4v) is 3.73. The lowest BCUT2D eigenvalue weighted by Crippen LogP contribution is -2.41. The van der Waals surface area contributed by atoms with E-state index in [9.17, 15) is 14.4 Å². The zero-order valence-corrected chi connectivity index (χ0v) is 10.6. The molecule has 4 heteroatoms. The van der Waals surface area contributed by atoms with Crippen molar-refractivity contribution in [3.05, 3.63) is 0 Å². The second-order valence-corrected chi connectivity index (χ2v) is 5.83. The van der Waals surface area contributed by atoms with Crippen LogP contribution in [0, 0.1) is 11.8 Å². The van der Waals surface area contributed by atoms with E-state index in [-0.39, 0.29) is 35.5 Å². The molecule has 0 bridgehead atoms. The molecule has 0 N–H and O–H groups in total. The average molecular weight is 249 g/mol. The van der Waals surface area contributed by atoms with E-state index in [1.54, 1.807) is 0 Å². The Bertz CT molecular complexity index is 398. The number of rotatable bonds is 1. The lowest BCUT2D eigenvalue weighted by atomic mass is 9.80. The van der Waals surface area contributed by atoms with Crippen LogP contribution in [0.15, 0.2) is 0 Å². The molecule has 2 unspecified atom stereocenters. The Labute approximate surface area is 107 Å². The summed E-state index contributed by atoms with van der Waals surface area (Å²) in [5.74, 6) is -0.449. The van der Waals surface area contributed by atoms with Gasteiger partial charge in [-0.05, 0) is 19.3 Å². The summed E-state index contributed by atoms with van der Waals surface area (Å²) >= 11 is 0. The third-order valence-corrected chi connectivity index (χ3v) is 4.72. The molecule has 1 heterocycles. The average Bonchev–Trinajstić information content (AvgIpc) is 2.63. The number of imide groups is 1. The summed E-state index contributed by atoms with van der Waals surface area (Å²) in [6, 6.07) is 0.111. The maximum atomic E-state index is 12.3. The van der Waals surface area contributed by atoms with Crippen LogP contribution in [0.25, 0.3) is 0 Å².